The summed E-state index contributed by atoms with van der Waals surface area (Å²) >= 11 is 2.75. The maximum atomic E-state index is 12.2. The average Bonchev–Trinajstić information content (AvgIpc) is 3.44. The molecule has 8 nitrogen and oxygen atoms in total. The molecule has 0 unspecified atom stereocenters. The second-order valence-corrected chi connectivity index (χ2v) is 7.80. The van der Waals surface area contributed by atoms with Gasteiger partial charge >= 0.3 is 0 Å². The molecule has 1 saturated heterocycles. The molecule has 1 N–H and O–H groups in total. The van der Waals surface area contributed by atoms with Crippen molar-refractivity contribution in [2.24, 2.45) is 0 Å². The van der Waals surface area contributed by atoms with Gasteiger partial charge in [-0.25, -0.2) is 4.98 Å². The third-order valence-corrected chi connectivity index (χ3v) is 5.73. The third-order valence-electron chi connectivity index (χ3n) is 4.08. The monoisotopic (exact) mass is 402 g/mol. The first-order valence-corrected chi connectivity index (χ1v) is 10.4. The first-order chi connectivity index (χ1) is 13.3. The van der Waals surface area contributed by atoms with Gasteiger partial charge in [0.2, 0.25) is 5.91 Å². The molecule has 1 aliphatic rings. The molecule has 3 aromatic heterocycles. The Morgan fingerprint density at radius 1 is 1.33 bits per heavy atom. The van der Waals surface area contributed by atoms with Crippen LogP contribution in [0, 0.1) is 0 Å². The zero-order valence-electron chi connectivity index (χ0n) is 14.4. The predicted molar refractivity (Wildman–Crippen MR) is 104 cm³/mol. The molecule has 27 heavy (non-hydrogen) atoms. The minimum atomic E-state index is -0.118. The second-order valence-electron chi connectivity index (χ2n) is 5.96. The molecule has 1 fully saturated rings. The van der Waals surface area contributed by atoms with Crippen LogP contribution in [-0.4, -0.2) is 49.1 Å². The number of carbonyl (C=O) groups excluding carboxylic acids is 1. The Morgan fingerprint density at radius 2 is 2.22 bits per heavy atom. The van der Waals surface area contributed by atoms with E-state index in [-0.39, 0.29) is 17.8 Å². The SMILES string of the molecule is O=C(CSc1nnc(-c2ccncc2)n1C[C@H]1CCCO1)Nc1nccs1. The van der Waals surface area contributed by atoms with Crippen LogP contribution in [0.25, 0.3) is 11.4 Å². The van der Waals surface area contributed by atoms with Crippen LogP contribution in [0.2, 0.25) is 0 Å². The van der Waals surface area contributed by atoms with Crippen molar-refractivity contribution in [3.63, 3.8) is 0 Å². The Hall–Kier alpha value is -2.30. The largest absolute Gasteiger partial charge is 0.376 e. The smallest absolute Gasteiger partial charge is 0.236 e. The van der Waals surface area contributed by atoms with Crippen LogP contribution in [0.5, 0.6) is 0 Å². The molecule has 4 heterocycles. The van der Waals surface area contributed by atoms with E-state index in [1.54, 1.807) is 18.6 Å². The predicted octanol–water partition coefficient (Wildman–Crippen LogP) is 2.71. The van der Waals surface area contributed by atoms with Crippen LogP contribution in [0.4, 0.5) is 5.13 Å². The minimum Gasteiger partial charge on any atom is -0.376 e. The number of hydrogen-bond acceptors (Lipinski definition) is 8. The summed E-state index contributed by atoms with van der Waals surface area (Å²) in [6.07, 6.45) is 7.35. The zero-order valence-corrected chi connectivity index (χ0v) is 16.1. The Kier molecular flexibility index (Phi) is 5.75. The molecule has 3 aromatic rings. The molecule has 0 aliphatic carbocycles. The van der Waals surface area contributed by atoms with Crippen molar-refractivity contribution in [3.05, 3.63) is 36.1 Å². The van der Waals surface area contributed by atoms with Crippen molar-refractivity contribution in [2.75, 3.05) is 17.7 Å². The van der Waals surface area contributed by atoms with Gasteiger partial charge in [-0.1, -0.05) is 11.8 Å². The molecule has 4 rings (SSSR count). The van der Waals surface area contributed by atoms with Gasteiger partial charge in [0.05, 0.1) is 18.4 Å². The summed E-state index contributed by atoms with van der Waals surface area (Å²) in [7, 11) is 0. The molecule has 1 aliphatic heterocycles. The van der Waals surface area contributed by atoms with Gasteiger partial charge in [0.1, 0.15) is 0 Å². The van der Waals surface area contributed by atoms with Crippen LogP contribution in [0.1, 0.15) is 12.8 Å². The van der Waals surface area contributed by atoms with Crippen LogP contribution in [-0.2, 0) is 16.1 Å². The summed E-state index contributed by atoms with van der Waals surface area (Å²) in [6, 6.07) is 3.80. The lowest BCUT2D eigenvalue weighted by Crippen LogP contribution is -2.18. The fourth-order valence-electron chi connectivity index (χ4n) is 2.84. The van der Waals surface area contributed by atoms with Crippen molar-refractivity contribution in [1.82, 2.24) is 24.7 Å². The van der Waals surface area contributed by atoms with Gasteiger partial charge in [0.15, 0.2) is 16.1 Å². The number of ether oxygens (including phenoxy) is 1. The molecule has 0 bridgehead atoms. The fourth-order valence-corrected chi connectivity index (χ4v) is 4.13. The normalized spacial score (nSPS) is 16.5. The molecule has 0 saturated carbocycles. The molecular formula is C17H18N6O2S2. The molecule has 0 radical (unpaired) electrons. The van der Waals surface area contributed by atoms with E-state index in [0.717, 1.165) is 30.8 Å². The number of rotatable bonds is 7. The van der Waals surface area contributed by atoms with E-state index in [1.807, 2.05) is 22.1 Å². The Labute approximate surface area is 164 Å². The number of nitrogens with zero attached hydrogens (tertiary/aromatic N) is 5. The van der Waals surface area contributed by atoms with Crippen molar-refractivity contribution >= 4 is 34.1 Å². The van der Waals surface area contributed by atoms with E-state index in [0.29, 0.717) is 16.8 Å². The van der Waals surface area contributed by atoms with E-state index >= 15 is 0 Å². The Bertz CT molecular complexity index is 878. The lowest BCUT2D eigenvalue weighted by molar-refractivity contribution is -0.113. The summed E-state index contributed by atoms with van der Waals surface area (Å²) in [5, 5.41) is 14.6. The summed E-state index contributed by atoms with van der Waals surface area (Å²) < 4.78 is 7.82. The molecule has 0 spiro atoms. The maximum absolute atomic E-state index is 12.2. The van der Waals surface area contributed by atoms with Crippen LogP contribution >= 0.6 is 23.1 Å². The van der Waals surface area contributed by atoms with Crippen molar-refractivity contribution < 1.29 is 9.53 Å². The van der Waals surface area contributed by atoms with Gasteiger partial charge in [0, 0.05) is 36.1 Å². The quantitative estimate of drug-likeness (QED) is 0.607. The van der Waals surface area contributed by atoms with Crippen molar-refractivity contribution in [1.29, 1.82) is 0 Å². The third kappa shape index (κ3) is 4.52. The lowest BCUT2D eigenvalue weighted by Gasteiger charge is -2.14. The topological polar surface area (TPSA) is 94.8 Å². The number of carbonyl (C=O) groups is 1. The average molecular weight is 403 g/mol. The highest BCUT2D eigenvalue weighted by Gasteiger charge is 2.22. The fraction of sp³-hybridized carbons (Fsp3) is 0.353. The van der Waals surface area contributed by atoms with Gasteiger partial charge in [-0.15, -0.1) is 21.5 Å². The molecule has 0 aromatic carbocycles. The van der Waals surface area contributed by atoms with E-state index < -0.39 is 0 Å². The summed E-state index contributed by atoms with van der Waals surface area (Å²) in [4.78, 5) is 20.3. The highest BCUT2D eigenvalue weighted by molar-refractivity contribution is 7.99. The van der Waals surface area contributed by atoms with Crippen molar-refractivity contribution in [2.45, 2.75) is 30.6 Å². The molecule has 140 valence electrons. The summed E-state index contributed by atoms with van der Waals surface area (Å²) in [5.41, 5.74) is 0.939. The lowest BCUT2D eigenvalue weighted by atomic mass is 10.2. The Balaban J connectivity index is 1.50. The number of anilines is 1. The van der Waals surface area contributed by atoms with Gasteiger partial charge in [-0.3, -0.25) is 14.3 Å². The molecule has 10 heteroatoms. The highest BCUT2D eigenvalue weighted by atomic mass is 32.2. The van der Waals surface area contributed by atoms with Gasteiger partial charge < -0.3 is 10.1 Å². The van der Waals surface area contributed by atoms with Gasteiger partial charge in [0.25, 0.3) is 0 Å². The number of thiazole rings is 1. The number of hydrogen-bond donors (Lipinski definition) is 1. The number of pyridine rings is 1. The zero-order chi connectivity index (χ0) is 18.5. The van der Waals surface area contributed by atoms with Crippen LogP contribution in [0.3, 0.4) is 0 Å². The minimum absolute atomic E-state index is 0.118. The number of amides is 1. The number of thioether (sulfide) groups is 1. The standard InChI is InChI=1S/C17H18N6O2S2/c24-14(20-16-19-7-9-26-16)11-27-17-22-21-15(12-3-5-18-6-4-12)23(17)10-13-2-1-8-25-13/h3-7,9,13H,1-2,8,10-11H2,(H,19,20,24)/t13-/m1/s1. The second kappa shape index (κ2) is 8.59. The van der Waals surface area contributed by atoms with E-state index in [4.69, 9.17) is 4.74 Å². The van der Waals surface area contributed by atoms with Crippen LogP contribution < -0.4 is 5.32 Å². The number of nitrogens with one attached hydrogen (secondary N) is 1. The molecule has 1 amide bonds. The van der Waals surface area contributed by atoms with E-state index in [9.17, 15) is 4.79 Å². The summed E-state index contributed by atoms with van der Waals surface area (Å²) in [6.45, 7) is 1.46. The van der Waals surface area contributed by atoms with Gasteiger partial charge in [-0.2, -0.15) is 0 Å². The molecule has 1 atom stereocenters. The highest BCUT2D eigenvalue weighted by Crippen LogP contribution is 2.26. The van der Waals surface area contributed by atoms with E-state index in [1.165, 1.54) is 23.1 Å². The van der Waals surface area contributed by atoms with E-state index in [2.05, 4.69) is 25.5 Å². The Morgan fingerprint density at radius 3 is 2.96 bits per heavy atom. The van der Waals surface area contributed by atoms with Crippen LogP contribution in [0.15, 0.2) is 41.3 Å². The van der Waals surface area contributed by atoms with Crippen molar-refractivity contribution in [3.8, 4) is 11.4 Å². The number of aromatic nitrogens is 5. The first kappa shape index (κ1) is 18.1. The summed E-state index contributed by atoms with van der Waals surface area (Å²) in [5.74, 6) is 0.877. The first-order valence-electron chi connectivity index (χ1n) is 8.57. The molecular weight excluding hydrogens is 384 g/mol. The maximum Gasteiger partial charge on any atom is 0.236 e. The van der Waals surface area contributed by atoms with Gasteiger partial charge in [-0.05, 0) is 25.0 Å².